The molecular weight excluding hydrogens is 334 g/mol. The van der Waals surface area contributed by atoms with Crippen LogP contribution in [0.1, 0.15) is 20.3 Å². The van der Waals surface area contributed by atoms with Gasteiger partial charge in [-0.25, -0.2) is 4.98 Å². The van der Waals surface area contributed by atoms with Crippen LogP contribution in [0.4, 0.5) is 17.5 Å². The molecule has 0 aliphatic rings. The van der Waals surface area contributed by atoms with Crippen molar-refractivity contribution in [1.29, 1.82) is 0 Å². The lowest BCUT2D eigenvalue weighted by molar-refractivity contribution is 0.753. The van der Waals surface area contributed by atoms with E-state index in [4.69, 9.17) is 11.6 Å². The zero-order valence-electron chi connectivity index (χ0n) is 14.2. The molecule has 0 amide bonds. The summed E-state index contributed by atoms with van der Waals surface area (Å²) in [7, 11) is 0. The second-order valence-corrected chi connectivity index (χ2v) is 6.23. The monoisotopic (exact) mass is 353 g/mol. The Balaban J connectivity index is 1.95. The van der Waals surface area contributed by atoms with Gasteiger partial charge in [-0.15, -0.1) is 0 Å². The molecule has 0 radical (unpaired) electrons. The van der Waals surface area contributed by atoms with E-state index in [0.717, 1.165) is 23.4 Å². The van der Waals surface area contributed by atoms with Crippen LogP contribution in [0.3, 0.4) is 0 Å². The first kappa shape index (κ1) is 17.2. The molecule has 0 unspecified atom stereocenters. The summed E-state index contributed by atoms with van der Waals surface area (Å²) in [5.74, 6) is 1.30. The van der Waals surface area contributed by atoms with E-state index < -0.39 is 0 Å². The van der Waals surface area contributed by atoms with E-state index in [2.05, 4.69) is 39.4 Å². The maximum absolute atomic E-state index is 5.95. The number of aromatic nitrogens is 3. The first-order valence-electron chi connectivity index (χ1n) is 8.22. The number of hydrogen-bond donors (Lipinski definition) is 2. The van der Waals surface area contributed by atoms with Crippen LogP contribution in [0, 0.1) is 0 Å². The lowest BCUT2D eigenvalue weighted by atomic mass is 10.2. The van der Waals surface area contributed by atoms with Crippen molar-refractivity contribution in [2.75, 3.05) is 10.6 Å². The maximum atomic E-state index is 5.95. The molecule has 1 atom stereocenters. The fraction of sp³-hybridized carbons (Fsp3) is 0.211. The van der Waals surface area contributed by atoms with E-state index in [1.807, 2.05) is 42.5 Å². The van der Waals surface area contributed by atoms with E-state index in [9.17, 15) is 0 Å². The van der Waals surface area contributed by atoms with Crippen LogP contribution in [-0.4, -0.2) is 21.0 Å². The second-order valence-electron chi connectivity index (χ2n) is 5.79. The van der Waals surface area contributed by atoms with Gasteiger partial charge < -0.3 is 10.6 Å². The minimum atomic E-state index is 0.285. The molecular formula is C19H20ClN5. The number of pyridine rings is 1. The Morgan fingerprint density at radius 3 is 2.60 bits per heavy atom. The molecule has 2 heterocycles. The molecule has 0 aliphatic carbocycles. The van der Waals surface area contributed by atoms with Crippen LogP contribution in [-0.2, 0) is 0 Å². The highest BCUT2D eigenvalue weighted by Gasteiger charge is 2.09. The van der Waals surface area contributed by atoms with Gasteiger partial charge >= 0.3 is 0 Å². The SMILES string of the molecule is CC[C@H](C)Nc1nc(Nc2ccc(Cl)cc2)cc(-c2cccnc2)n1. The van der Waals surface area contributed by atoms with Crippen LogP contribution >= 0.6 is 11.6 Å². The summed E-state index contributed by atoms with van der Waals surface area (Å²) in [4.78, 5) is 13.4. The lowest BCUT2D eigenvalue weighted by Gasteiger charge is -2.14. The Bertz CT molecular complexity index is 821. The van der Waals surface area contributed by atoms with Gasteiger partial charge in [0.05, 0.1) is 5.69 Å². The highest BCUT2D eigenvalue weighted by atomic mass is 35.5. The van der Waals surface area contributed by atoms with Crippen LogP contribution in [0.15, 0.2) is 54.9 Å². The van der Waals surface area contributed by atoms with Gasteiger partial charge in [0.15, 0.2) is 0 Å². The average Bonchev–Trinajstić information content (AvgIpc) is 2.64. The van der Waals surface area contributed by atoms with Gasteiger partial charge in [0.2, 0.25) is 5.95 Å². The molecule has 25 heavy (non-hydrogen) atoms. The Kier molecular flexibility index (Phi) is 5.46. The Morgan fingerprint density at radius 1 is 1.12 bits per heavy atom. The average molecular weight is 354 g/mol. The molecule has 1 aromatic carbocycles. The summed E-state index contributed by atoms with van der Waals surface area (Å²) in [6.45, 7) is 4.22. The molecule has 0 spiro atoms. The molecule has 0 bridgehead atoms. The van der Waals surface area contributed by atoms with Crippen molar-refractivity contribution in [3.05, 3.63) is 59.9 Å². The largest absolute Gasteiger partial charge is 0.352 e. The highest BCUT2D eigenvalue weighted by molar-refractivity contribution is 6.30. The molecule has 6 heteroatoms. The Hall–Kier alpha value is -2.66. The van der Waals surface area contributed by atoms with E-state index in [0.29, 0.717) is 16.8 Å². The molecule has 5 nitrogen and oxygen atoms in total. The third-order valence-electron chi connectivity index (χ3n) is 3.79. The van der Waals surface area contributed by atoms with Crippen LogP contribution in [0.5, 0.6) is 0 Å². The normalized spacial score (nSPS) is 11.8. The molecule has 0 saturated carbocycles. The number of hydrogen-bond acceptors (Lipinski definition) is 5. The summed E-state index contributed by atoms with van der Waals surface area (Å²) in [6.07, 6.45) is 4.53. The second kappa shape index (κ2) is 7.94. The van der Waals surface area contributed by atoms with E-state index >= 15 is 0 Å². The fourth-order valence-electron chi connectivity index (χ4n) is 2.24. The fourth-order valence-corrected chi connectivity index (χ4v) is 2.37. The van der Waals surface area contributed by atoms with Crippen molar-refractivity contribution in [3.8, 4) is 11.3 Å². The summed E-state index contributed by atoms with van der Waals surface area (Å²) in [5, 5.41) is 7.33. The Labute approximate surface area is 152 Å². The van der Waals surface area contributed by atoms with Gasteiger partial charge in [-0.05, 0) is 49.7 Å². The van der Waals surface area contributed by atoms with Crippen LogP contribution in [0.25, 0.3) is 11.3 Å². The zero-order chi connectivity index (χ0) is 17.6. The predicted octanol–water partition coefficient (Wildman–Crippen LogP) is 5.15. The number of halogens is 1. The summed E-state index contributed by atoms with van der Waals surface area (Å²) in [5.41, 5.74) is 2.66. The third-order valence-corrected chi connectivity index (χ3v) is 4.04. The molecule has 0 saturated heterocycles. The van der Waals surface area contributed by atoms with Crippen molar-refractivity contribution >= 4 is 29.1 Å². The number of benzene rings is 1. The standard InChI is InChI=1S/C19H20ClN5/c1-3-13(2)22-19-24-17(14-5-4-10-21-12-14)11-18(25-19)23-16-8-6-15(20)7-9-16/h4-13H,3H2,1-2H3,(H2,22,23,24,25)/t13-/m0/s1. The summed E-state index contributed by atoms with van der Waals surface area (Å²) in [6, 6.07) is 13.6. The molecule has 2 N–H and O–H groups in total. The van der Waals surface area contributed by atoms with E-state index in [1.165, 1.54) is 0 Å². The quantitative estimate of drug-likeness (QED) is 0.642. The van der Waals surface area contributed by atoms with Gasteiger partial charge in [0.25, 0.3) is 0 Å². The first-order valence-corrected chi connectivity index (χ1v) is 8.60. The van der Waals surface area contributed by atoms with E-state index in [-0.39, 0.29) is 6.04 Å². The van der Waals surface area contributed by atoms with Gasteiger partial charge in [-0.1, -0.05) is 18.5 Å². The van der Waals surface area contributed by atoms with Crippen molar-refractivity contribution in [2.24, 2.45) is 0 Å². The minimum Gasteiger partial charge on any atom is -0.352 e. The Morgan fingerprint density at radius 2 is 1.92 bits per heavy atom. The summed E-state index contributed by atoms with van der Waals surface area (Å²) >= 11 is 5.95. The van der Waals surface area contributed by atoms with Crippen molar-refractivity contribution in [3.63, 3.8) is 0 Å². The van der Waals surface area contributed by atoms with Crippen molar-refractivity contribution in [2.45, 2.75) is 26.3 Å². The summed E-state index contributed by atoms with van der Waals surface area (Å²) < 4.78 is 0. The predicted molar refractivity (Wildman–Crippen MR) is 103 cm³/mol. The molecule has 0 fully saturated rings. The highest BCUT2D eigenvalue weighted by Crippen LogP contribution is 2.24. The minimum absolute atomic E-state index is 0.285. The molecule has 128 valence electrons. The molecule has 0 aliphatic heterocycles. The van der Waals surface area contributed by atoms with E-state index in [1.54, 1.807) is 12.4 Å². The van der Waals surface area contributed by atoms with Crippen LogP contribution < -0.4 is 10.6 Å². The smallest absolute Gasteiger partial charge is 0.225 e. The first-order chi connectivity index (χ1) is 12.1. The van der Waals surface area contributed by atoms with Crippen molar-refractivity contribution in [1.82, 2.24) is 15.0 Å². The van der Waals surface area contributed by atoms with Crippen molar-refractivity contribution < 1.29 is 0 Å². The molecule has 2 aromatic heterocycles. The zero-order valence-corrected chi connectivity index (χ0v) is 15.0. The molecule has 3 rings (SSSR count). The maximum Gasteiger partial charge on any atom is 0.225 e. The molecule has 3 aromatic rings. The lowest BCUT2D eigenvalue weighted by Crippen LogP contribution is -2.16. The van der Waals surface area contributed by atoms with Gasteiger partial charge in [0, 0.05) is 40.8 Å². The number of nitrogens with zero attached hydrogens (tertiary/aromatic N) is 3. The topological polar surface area (TPSA) is 62.7 Å². The van der Waals surface area contributed by atoms with Gasteiger partial charge in [0.1, 0.15) is 5.82 Å². The number of nitrogens with one attached hydrogen (secondary N) is 2. The number of rotatable bonds is 6. The van der Waals surface area contributed by atoms with Gasteiger partial charge in [-0.3, -0.25) is 4.98 Å². The van der Waals surface area contributed by atoms with Gasteiger partial charge in [-0.2, -0.15) is 4.98 Å². The number of anilines is 3. The van der Waals surface area contributed by atoms with Crippen LogP contribution in [0.2, 0.25) is 5.02 Å². The third kappa shape index (κ3) is 4.67.